The van der Waals surface area contributed by atoms with Crippen molar-refractivity contribution in [2.24, 2.45) is 0 Å². The van der Waals surface area contributed by atoms with Gasteiger partial charge in [0, 0.05) is 0 Å². The second-order valence-corrected chi connectivity index (χ2v) is 6.36. The zero-order valence-electron chi connectivity index (χ0n) is 8.07. The van der Waals surface area contributed by atoms with E-state index in [1.54, 1.807) is 0 Å². The lowest BCUT2D eigenvalue weighted by Gasteiger charge is -2.32. The fourth-order valence-electron chi connectivity index (χ4n) is 1.26. The van der Waals surface area contributed by atoms with E-state index in [2.05, 4.69) is 34.1 Å². The highest BCUT2D eigenvalue weighted by molar-refractivity contribution is 7.57. The average Bonchev–Trinajstić information content (AvgIpc) is 1.88. The van der Waals surface area contributed by atoms with E-state index in [4.69, 9.17) is 0 Å². The fraction of sp³-hybridized carbons (Fsp3) is 1.00. The molecular weight excluding hydrogens is 139 g/mol. The van der Waals surface area contributed by atoms with Gasteiger partial charge in [-0.3, -0.25) is 0 Å². The Hall–Kier alpha value is 0.430. The molecule has 0 bridgehead atoms. The number of hydrogen-bond acceptors (Lipinski definition) is 0. The third-order valence-electron chi connectivity index (χ3n) is 2.63. The van der Waals surface area contributed by atoms with Crippen molar-refractivity contribution in [3.63, 3.8) is 0 Å². The summed E-state index contributed by atoms with van der Waals surface area (Å²) >= 11 is 0. The van der Waals surface area contributed by atoms with Gasteiger partial charge in [0.05, 0.1) is 0 Å². The van der Waals surface area contributed by atoms with E-state index in [1.807, 2.05) is 0 Å². The molecule has 0 rings (SSSR count). The maximum atomic E-state index is 2.43. The first-order chi connectivity index (χ1) is 4.56. The van der Waals surface area contributed by atoms with Gasteiger partial charge in [0.2, 0.25) is 0 Å². The minimum Gasteiger partial charge on any atom is -0.107 e. The third-order valence-corrected chi connectivity index (χ3v) is 5.33. The zero-order valence-corrected chi connectivity index (χ0v) is 8.96. The minimum absolute atomic E-state index is 0.248. The second-order valence-electron chi connectivity index (χ2n) is 3.49. The summed E-state index contributed by atoms with van der Waals surface area (Å²) in [6.07, 6.45) is 4.09. The molecule has 1 unspecified atom stereocenters. The van der Waals surface area contributed by atoms with Gasteiger partial charge in [-0.05, 0) is 31.3 Å². The molecular formula is C9H21P. The lowest BCUT2D eigenvalue weighted by atomic mass is 10.0. The Balaban J connectivity index is 3.94. The van der Waals surface area contributed by atoms with Crippen molar-refractivity contribution in [2.75, 3.05) is 13.3 Å². The average molecular weight is 160 g/mol. The molecule has 0 fully saturated rings. The van der Waals surface area contributed by atoms with Gasteiger partial charge in [-0.25, -0.2) is 0 Å². The van der Waals surface area contributed by atoms with E-state index in [-0.39, 0.29) is 7.92 Å². The SMILES string of the molecule is CCCC(C)(CC)P(C)C. The molecule has 0 aliphatic rings. The molecule has 62 valence electrons. The monoisotopic (exact) mass is 160 g/mol. The van der Waals surface area contributed by atoms with Crippen LogP contribution in [0.2, 0.25) is 0 Å². The summed E-state index contributed by atoms with van der Waals surface area (Å²) < 4.78 is 0. The Morgan fingerprint density at radius 3 is 1.80 bits per heavy atom. The van der Waals surface area contributed by atoms with E-state index in [1.165, 1.54) is 19.3 Å². The largest absolute Gasteiger partial charge is 0.107 e. The molecule has 0 spiro atoms. The predicted molar refractivity (Wildman–Crippen MR) is 52.4 cm³/mol. The molecule has 0 saturated carbocycles. The van der Waals surface area contributed by atoms with Gasteiger partial charge in [0.15, 0.2) is 0 Å². The van der Waals surface area contributed by atoms with Crippen LogP contribution in [0.3, 0.4) is 0 Å². The summed E-state index contributed by atoms with van der Waals surface area (Å²) in [6, 6.07) is 0. The summed E-state index contributed by atoms with van der Waals surface area (Å²) in [5, 5.41) is 0.657. The van der Waals surface area contributed by atoms with Crippen molar-refractivity contribution in [3.05, 3.63) is 0 Å². The van der Waals surface area contributed by atoms with Gasteiger partial charge >= 0.3 is 0 Å². The number of rotatable bonds is 4. The highest BCUT2D eigenvalue weighted by atomic mass is 31.1. The molecule has 10 heavy (non-hydrogen) atoms. The third kappa shape index (κ3) is 2.58. The molecule has 0 aromatic heterocycles. The summed E-state index contributed by atoms with van der Waals surface area (Å²) in [5.74, 6) is 0. The van der Waals surface area contributed by atoms with Gasteiger partial charge in [-0.2, -0.15) is 0 Å². The molecule has 0 amide bonds. The summed E-state index contributed by atoms with van der Waals surface area (Å²) in [7, 11) is 0.248. The first-order valence-corrected chi connectivity index (χ1v) is 6.48. The van der Waals surface area contributed by atoms with Crippen molar-refractivity contribution in [1.82, 2.24) is 0 Å². The fourth-order valence-corrected chi connectivity index (χ4v) is 2.56. The van der Waals surface area contributed by atoms with E-state index in [0.717, 1.165) is 0 Å². The molecule has 0 aliphatic heterocycles. The van der Waals surface area contributed by atoms with Crippen LogP contribution in [0.25, 0.3) is 0 Å². The maximum Gasteiger partial charge on any atom is -0.0130 e. The standard InChI is InChI=1S/C9H21P/c1-6-8-9(3,7-2)10(4)5/h6-8H2,1-5H3. The van der Waals surface area contributed by atoms with Crippen molar-refractivity contribution >= 4 is 7.92 Å². The quantitative estimate of drug-likeness (QED) is 0.550. The van der Waals surface area contributed by atoms with Crippen LogP contribution < -0.4 is 0 Å². The van der Waals surface area contributed by atoms with Crippen molar-refractivity contribution in [3.8, 4) is 0 Å². The van der Waals surface area contributed by atoms with E-state index < -0.39 is 0 Å². The van der Waals surface area contributed by atoms with Gasteiger partial charge in [-0.15, -0.1) is 7.92 Å². The molecule has 0 nitrogen and oxygen atoms in total. The van der Waals surface area contributed by atoms with Gasteiger partial charge < -0.3 is 0 Å². The van der Waals surface area contributed by atoms with Crippen molar-refractivity contribution in [2.45, 2.75) is 45.2 Å². The highest BCUT2D eigenvalue weighted by Gasteiger charge is 2.23. The Morgan fingerprint density at radius 2 is 1.70 bits per heavy atom. The topological polar surface area (TPSA) is 0 Å². The summed E-state index contributed by atoms with van der Waals surface area (Å²) in [5.41, 5.74) is 0. The van der Waals surface area contributed by atoms with Crippen molar-refractivity contribution < 1.29 is 0 Å². The minimum atomic E-state index is 0.248. The molecule has 0 N–H and O–H groups in total. The molecule has 0 aromatic carbocycles. The second kappa shape index (κ2) is 4.34. The smallest absolute Gasteiger partial charge is 0.0130 e. The first kappa shape index (κ1) is 10.4. The van der Waals surface area contributed by atoms with Crippen LogP contribution in [0.5, 0.6) is 0 Å². The normalized spacial score (nSPS) is 17.4. The lowest BCUT2D eigenvalue weighted by Crippen LogP contribution is -2.19. The van der Waals surface area contributed by atoms with Crippen LogP contribution in [0.4, 0.5) is 0 Å². The van der Waals surface area contributed by atoms with Gasteiger partial charge in [0.1, 0.15) is 0 Å². The molecule has 1 atom stereocenters. The summed E-state index contributed by atoms with van der Waals surface area (Å²) in [4.78, 5) is 0. The van der Waals surface area contributed by atoms with Crippen LogP contribution in [-0.4, -0.2) is 18.5 Å². The predicted octanol–water partition coefficient (Wildman–Crippen LogP) is 3.70. The molecule has 0 radical (unpaired) electrons. The highest BCUT2D eigenvalue weighted by Crippen LogP contribution is 2.47. The molecule has 0 heterocycles. The van der Waals surface area contributed by atoms with Gasteiger partial charge in [0.25, 0.3) is 0 Å². The van der Waals surface area contributed by atoms with E-state index in [0.29, 0.717) is 5.16 Å². The lowest BCUT2D eigenvalue weighted by molar-refractivity contribution is 0.550. The van der Waals surface area contributed by atoms with Gasteiger partial charge in [-0.1, -0.05) is 27.2 Å². The van der Waals surface area contributed by atoms with Crippen LogP contribution in [-0.2, 0) is 0 Å². The van der Waals surface area contributed by atoms with Crippen LogP contribution in [0.1, 0.15) is 40.0 Å². The molecule has 0 saturated heterocycles. The first-order valence-electron chi connectivity index (χ1n) is 4.24. The zero-order chi connectivity index (χ0) is 8.20. The summed E-state index contributed by atoms with van der Waals surface area (Å²) in [6.45, 7) is 11.8. The Bertz CT molecular complexity index is 88.7. The van der Waals surface area contributed by atoms with Crippen LogP contribution >= 0.6 is 7.92 Å². The Kier molecular flexibility index (Phi) is 4.52. The Labute approximate surface area is 67.2 Å². The van der Waals surface area contributed by atoms with Crippen LogP contribution in [0.15, 0.2) is 0 Å². The maximum absolute atomic E-state index is 2.43. The van der Waals surface area contributed by atoms with E-state index in [9.17, 15) is 0 Å². The van der Waals surface area contributed by atoms with E-state index >= 15 is 0 Å². The molecule has 1 heteroatoms. The molecule has 0 aliphatic carbocycles. The number of hydrogen-bond donors (Lipinski definition) is 0. The Morgan fingerprint density at radius 1 is 1.20 bits per heavy atom. The van der Waals surface area contributed by atoms with Crippen LogP contribution in [0, 0.1) is 0 Å². The molecule has 0 aromatic rings. The van der Waals surface area contributed by atoms with Crippen molar-refractivity contribution in [1.29, 1.82) is 0 Å².